The topological polar surface area (TPSA) is 25.8 Å². The summed E-state index contributed by atoms with van der Waals surface area (Å²) in [6.45, 7) is 1.86. The second-order valence-electron chi connectivity index (χ2n) is 2.92. The third-order valence-corrected chi connectivity index (χ3v) is 4.71. The summed E-state index contributed by atoms with van der Waals surface area (Å²) in [6, 6.07) is 1.88. The summed E-state index contributed by atoms with van der Waals surface area (Å²) in [7, 11) is 0. The normalized spacial score (nSPS) is 15.2. The molecule has 6 heteroatoms. The highest BCUT2D eigenvalue weighted by Crippen LogP contribution is 2.36. The van der Waals surface area contributed by atoms with Gasteiger partial charge in [-0.05, 0) is 28.9 Å². The van der Waals surface area contributed by atoms with Gasteiger partial charge in [-0.2, -0.15) is 5.10 Å². The van der Waals surface area contributed by atoms with Crippen molar-refractivity contribution in [3.8, 4) is 0 Å². The van der Waals surface area contributed by atoms with Crippen molar-refractivity contribution in [3.63, 3.8) is 0 Å². The third kappa shape index (κ3) is 2.60. The Labute approximate surface area is 110 Å². The molecule has 0 amide bonds. The molecule has 0 bridgehead atoms. The second-order valence-corrected chi connectivity index (χ2v) is 5.23. The van der Waals surface area contributed by atoms with Crippen molar-refractivity contribution < 1.29 is 0 Å². The Morgan fingerprint density at radius 3 is 2.64 bits per heavy atom. The minimum atomic E-state index is -0.638. The number of rotatable bonds is 3. The number of halogens is 4. The molecule has 1 aromatic heterocycles. The second kappa shape index (κ2) is 5.10. The minimum absolute atomic E-state index is 0.309. The van der Waals surface area contributed by atoms with Crippen LogP contribution >= 0.6 is 55.1 Å². The van der Waals surface area contributed by atoms with E-state index in [1.165, 1.54) is 0 Å². The van der Waals surface area contributed by atoms with Crippen LogP contribution in [0.3, 0.4) is 0 Å². The molecule has 0 spiro atoms. The van der Waals surface area contributed by atoms with Gasteiger partial charge in [0, 0.05) is 16.8 Å². The highest BCUT2D eigenvalue weighted by Gasteiger charge is 2.30. The first kappa shape index (κ1) is 12.7. The van der Waals surface area contributed by atoms with Gasteiger partial charge in [0.05, 0.1) is 10.6 Å². The average Bonchev–Trinajstić information content (AvgIpc) is 2.20. The molecule has 0 saturated heterocycles. The van der Waals surface area contributed by atoms with Crippen LogP contribution in [-0.4, -0.2) is 21.4 Å². The van der Waals surface area contributed by atoms with Crippen LogP contribution < -0.4 is 0 Å². The molecule has 0 N–H and O–H groups in total. The summed E-state index contributed by atoms with van der Waals surface area (Å²) in [5, 5.41) is 8.42. The highest BCUT2D eigenvalue weighted by atomic mass is 79.9. The SMILES string of the molecule is Cc1cc(C(Cl)(CCl)CBr)c(Br)nn1. The maximum absolute atomic E-state index is 6.33. The fraction of sp³-hybridized carbons (Fsp3) is 0.500. The van der Waals surface area contributed by atoms with Crippen molar-refractivity contribution in [2.24, 2.45) is 0 Å². The monoisotopic (exact) mass is 360 g/mol. The lowest BCUT2D eigenvalue weighted by Gasteiger charge is -2.22. The molecular formula is C8H8Br2Cl2N2. The van der Waals surface area contributed by atoms with Gasteiger partial charge in [0.2, 0.25) is 0 Å². The van der Waals surface area contributed by atoms with Crippen LogP contribution in [-0.2, 0) is 4.87 Å². The van der Waals surface area contributed by atoms with E-state index in [2.05, 4.69) is 42.1 Å². The van der Waals surface area contributed by atoms with Crippen molar-refractivity contribution in [1.29, 1.82) is 0 Å². The number of alkyl halides is 3. The smallest absolute Gasteiger partial charge is 0.133 e. The molecule has 1 heterocycles. The van der Waals surface area contributed by atoms with E-state index in [-0.39, 0.29) is 0 Å². The van der Waals surface area contributed by atoms with E-state index in [1.54, 1.807) is 0 Å². The van der Waals surface area contributed by atoms with Gasteiger partial charge in [-0.1, -0.05) is 15.9 Å². The lowest BCUT2D eigenvalue weighted by molar-refractivity contribution is 0.762. The predicted molar refractivity (Wildman–Crippen MR) is 66.5 cm³/mol. The molecule has 0 aliphatic carbocycles. The summed E-state index contributed by atoms with van der Waals surface area (Å²) in [6.07, 6.45) is 0. The van der Waals surface area contributed by atoms with E-state index in [0.717, 1.165) is 11.3 Å². The maximum Gasteiger partial charge on any atom is 0.133 e. The lowest BCUT2D eigenvalue weighted by Crippen LogP contribution is -2.24. The van der Waals surface area contributed by atoms with Crippen LogP contribution in [0.1, 0.15) is 11.3 Å². The quantitative estimate of drug-likeness (QED) is 0.767. The van der Waals surface area contributed by atoms with Gasteiger partial charge in [0.1, 0.15) is 4.60 Å². The van der Waals surface area contributed by atoms with Crippen LogP contribution in [0.2, 0.25) is 0 Å². The standard InChI is InChI=1S/C8H8Br2Cl2N2/c1-5-2-6(7(10)14-13-5)8(12,3-9)4-11/h2H,3-4H2,1H3. The van der Waals surface area contributed by atoms with Gasteiger partial charge in [0.25, 0.3) is 0 Å². The Kier molecular flexibility index (Phi) is 4.62. The molecule has 0 aromatic carbocycles. The lowest BCUT2D eigenvalue weighted by atomic mass is 10.0. The van der Waals surface area contributed by atoms with E-state index in [1.807, 2.05) is 13.0 Å². The van der Waals surface area contributed by atoms with Crippen LogP contribution in [0.25, 0.3) is 0 Å². The molecule has 0 saturated carbocycles. The zero-order valence-corrected chi connectivity index (χ0v) is 12.1. The van der Waals surface area contributed by atoms with Crippen molar-refractivity contribution in [1.82, 2.24) is 10.2 Å². The summed E-state index contributed by atoms with van der Waals surface area (Å²) in [5.41, 5.74) is 1.68. The third-order valence-electron chi connectivity index (χ3n) is 1.78. The molecule has 2 nitrogen and oxygen atoms in total. The van der Waals surface area contributed by atoms with E-state index in [4.69, 9.17) is 23.2 Å². The molecule has 1 unspecified atom stereocenters. The number of hydrogen-bond acceptors (Lipinski definition) is 2. The molecule has 0 radical (unpaired) electrons. The van der Waals surface area contributed by atoms with E-state index in [0.29, 0.717) is 15.8 Å². The van der Waals surface area contributed by atoms with Crippen LogP contribution in [0.4, 0.5) is 0 Å². The molecule has 1 atom stereocenters. The largest absolute Gasteiger partial charge is 0.155 e. The number of aryl methyl sites for hydroxylation is 1. The first-order valence-electron chi connectivity index (χ1n) is 3.84. The molecule has 0 aliphatic rings. The van der Waals surface area contributed by atoms with Crippen LogP contribution in [0, 0.1) is 6.92 Å². The molecular weight excluding hydrogens is 355 g/mol. The maximum atomic E-state index is 6.33. The fourth-order valence-corrected chi connectivity index (χ4v) is 2.77. The van der Waals surface area contributed by atoms with Crippen molar-refractivity contribution in [3.05, 3.63) is 21.9 Å². The number of hydrogen-bond donors (Lipinski definition) is 0. The van der Waals surface area contributed by atoms with Crippen molar-refractivity contribution in [2.45, 2.75) is 11.8 Å². The average molecular weight is 363 g/mol. The molecule has 78 valence electrons. The van der Waals surface area contributed by atoms with E-state index >= 15 is 0 Å². The summed E-state index contributed by atoms with van der Waals surface area (Å²) >= 11 is 18.8. The van der Waals surface area contributed by atoms with Crippen LogP contribution in [0.15, 0.2) is 10.7 Å². The number of nitrogens with zero attached hydrogens (tertiary/aromatic N) is 2. The molecule has 0 aliphatic heterocycles. The van der Waals surface area contributed by atoms with Crippen molar-refractivity contribution in [2.75, 3.05) is 11.2 Å². The summed E-state index contributed by atoms with van der Waals surface area (Å²) < 4.78 is 0.637. The zero-order valence-electron chi connectivity index (χ0n) is 7.40. The highest BCUT2D eigenvalue weighted by molar-refractivity contribution is 9.10. The van der Waals surface area contributed by atoms with Crippen molar-refractivity contribution >= 4 is 55.1 Å². The first-order chi connectivity index (χ1) is 6.53. The summed E-state index contributed by atoms with van der Waals surface area (Å²) in [4.78, 5) is -0.638. The molecule has 0 fully saturated rings. The number of aromatic nitrogens is 2. The Balaban J connectivity index is 3.22. The predicted octanol–water partition coefficient (Wildman–Crippen LogP) is 3.62. The Morgan fingerprint density at radius 2 is 2.14 bits per heavy atom. The van der Waals surface area contributed by atoms with Gasteiger partial charge in [0.15, 0.2) is 0 Å². The van der Waals surface area contributed by atoms with E-state index in [9.17, 15) is 0 Å². The van der Waals surface area contributed by atoms with Gasteiger partial charge in [-0.3, -0.25) is 0 Å². The van der Waals surface area contributed by atoms with Crippen LogP contribution in [0.5, 0.6) is 0 Å². The molecule has 1 aromatic rings. The molecule has 1 rings (SSSR count). The molecule has 14 heavy (non-hydrogen) atoms. The van der Waals surface area contributed by atoms with Gasteiger partial charge >= 0.3 is 0 Å². The Morgan fingerprint density at radius 1 is 1.50 bits per heavy atom. The van der Waals surface area contributed by atoms with E-state index < -0.39 is 4.87 Å². The minimum Gasteiger partial charge on any atom is -0.155 e. The van der Waals surface area contributed by atoms with Gasteiger partial charge in [-0.15, -0.1) is 28.3 Å². The first-order valence-corrected chi connectivity index (χ1v) is 6.67. The Bertz CT molecular complexity index is 329. The Hall–Kier alpha value is 0.620. The zero-order chi connectivity index (χ0) is 10.8. The summed E-state index contributed by atoms with van der Waals surface area (Å²) in [5.74, 6) is 0.309. The van der Waals surface area contributed by atoms with Gasteiger partial charge in [-0.25, -0.2) is 0 Å². The van der Waals surface area contributed by atoms with Gasteiger partial charge < -0.3 is 0 Å². The fourth-order valence-electron chi connectivity index (χ4n) is 0.968.